The summed E-state index contributed by atoms with van der Waals surface area (Å²) in [5.74, 6) is 0.546. The van der Waals surface area contributed by atoms with E-state index in [2.05, 4.69) is 0 Å². The third-order valence-corrected chi connectivity index (χ3v) is 4.54. The zero-order chi connectivity index (χ0) is 15.5. The molecule has 4 nitrogen and oxygen atoms in total. The zero-order valence-corrected chi connectivity index (χ0v) is 12.9. The highest BCUT2D eigenvalue weighted by molar-refractivity contribution is 6.01. The van der Waals surface area contributed by atoms with Gasteiger partial charge in [-0.15, -0.1) is 0 Å². The predicted molar refractivity (Wildman–Crippen MR) is 82.2 cm³/mol. The Balaban J connectivity index is 1.87. The van der Waals surface area contributed by atoms with Crippen LogP contribution < -0.4 is 4.74 Å². The van der Waals surface area contributed by atoms with Crippen LogP contribution in [0.15, 0.2) is 24.3 Å². The van der Waals surface area contributed by atoms with Crippen LogP contribution in [-0.4, -0.2) is 30.4 Å². The van der Waals surface area contributed by atoms with Crippen molar-refractivity contribution < 1.29 is 19.1 Å². The van der Waals surface area contributed by atoms with Crippen molar-refractivity contribution in [1.29, 1.82) is 0 Å². The largest absolute Gasteiger partial charge is 0.486 e. The number of carbonyl (C=O) groups is 2. The number of hydrogen-bond acceptors (Lipinski definition) is 4. The quantitative estimate of drug-likeness (QED) is 0.857. The number of para-hydroxylation sites is 1. The van der Waals surface area contributed by atoms with Gasteiger partial charge >= 0.3 is 0 Å². The number of rotatable bonds is 4. The summed E-state index contributed by atoms with van der Waals surface area (Å²) >= 11 is 0. The molecule has 4 heteroatoms. The van der Waals surface area contributed by atoms with Gasteiger partial charge in [-0.25, -0.2) is 0 Å². The molecule has 0 aromatic heterocycles. The minimum absolute atomic E-state index is 0.0528. The Morgan fingerprint density at radius 1 is 1.27 bits per heavy atom. The molecular formula is C18H22O4. The molecule has 2 aliphatic heterocycles. The van der Waals surface area contributed by atoms with Crippen LogP contribution in [-0.2, 0) is 9.53 Å². The Labute approximate surface area is 130 Å². The smallest absolute Gasteiger partial charge is 0.173 e. The number of carbonyl (C=O) groups excluding carboxylic acids is 2. The average Bonchev–Trinajstić information content (AvgIpc) is 2.54. The van der Waals surface area contributed by atoms with E-state index in [4.69, 9.17) is 9.47 Å². The lowest BCUT2D eigenvalue weighted by Gasteiger charge is -2.38. The van der Waals surface area contributed by atoms with Gasteiger partial charge in [-0.1, -0.05) is 12.1 Å². The van der Waals surface area contributed by atoms with Gasteiger partial charge in [0.1, 0.15) is 17.6 Å². The van der Waals surface area contributed by atoms with Crippen molar-refractivity contribution in [2.45, 2.75) is 51.2 Å². The molecule has 0 saturated carbocycles. The molecule has 1 aromatic rings. The first kappa shape index (κ1) is 15.2. The van der Waals surface area contributed by atoms with Gasteiger partial charge in [-0.3, -0.25) is 4.79 Å². The summed E-state index contributed by atoms with van der Waals surface area (Å²) in [4.78, 5) is 24.2. The van der Waals surface area contributed by atoms with Crippen LogP contribution in [0, 0.1) is 5.92 Å². The zero-order valence-electron chi connectivity index (χ0n) is 12.9. The normalized spacial score (nSPS) is 27.9. The van der Waals surface area contributed by atoms with E-state index in [-0.39, 0.29) is 29.7 Å². The lowest BCUT2D eigenvalue weighted by molar-refractivity contribution is -0.117. The summed E-state index contributed by atoms with van der Waals surface area (Å²) in [6, 6.07) is 7.36. The van der Waals surface area contributed by atoms with E-state index in [1.807, 2.05) is 18.2 Å². The SMILES string of the molecule is CC(=O)CCC1C(=O)c2ccccc2OC1C1CCCCO1. The van der Waals surface area contributed by atoms with E-state index in [9.17, 15) is 9.59 Å². The molecule has 0 spiro atoms. The fourth-order valence-corrected chi connectivity index (χ4v) is 3.36. The summed E-state index contributed by atoms with van der Waals surface area (Å²) in [6.07, 6.45) is 3.69. The second-order valence-electron chi connectivity index (χ2n) is 6.20. The van der Waals surface area contributed by atoms with E-state index in [1.165, 1.54) is 0 Å². The Morgan fingerprint density at radius 3 is 2.82 bits per heavy atom. The first-order chi connectivity index (χ1) is 10.7. The van der Waals surface area contributed by atoms with Crippen LogP contribution in [0.4, 0.5) is 0 Å². The molecule has 0 aliphatic carbocycles. The third-order valence-electron chi connectivity index (χ3n) is 4.54. The minimum atomic E-state index is -0.290. The molecule has 3 atom stereocenters. The van der Waals surface area contributed by atoms with Crippen molar-refractivity contribution in [2.75, 3.05) is 6.61 Å². The molecule has 0 radical (unpaired) electrons. The summed E-state index contributed by atoms with van der Waals surface area (Å²) in [5, 5.41) is 0. The third kappa shape index (κ3) is 3.07. The van der Waals surface area contributed by atoms with Crippen molar-refractivity contribution in [3.63, 3.8) is 0 Å². The molecule has 118 valence electrons. The molecule has 0 bridgehead atoms. The summed E-state index contributed by atoms with van der Waals surface area (Å²) < 4.78 is 12.0. The molecule has 1 aromatic carbocycles. The number of fused-ring (bicyclic) bond motifs is 1. The van der Waals surface area contributed by atoms with E-state index >= 15 is 0 Å². The van der Waals surface area contributed by atoms with E-state index in [0.29, 0.717) is 24.2 Å². The van der Waals surface area contributed by atoms with Gasteiger partial charge in [0.2, 0.25) is 0 Å². The molecule has 2 heterocycles. The van der Waals surface area contributed by atoms with Crippen LogP contribution in [0.2, 0.25) is 0 Å². The van der Waals surface area contributed by atoms with E-state index < -0.39 is 0 Å². The summed E-state index contributed by atoms with van der Waals surface area (Å²) in [7, 11) is 0. The Hall–Kier alpha value is -1.68. The van der Waals surface area contributed by atoms with Crippen LogP contribution in [0.1, 0.15) is 49.4 Å². The van der Waals surface area contributed by atoms with Gasteiger partial charge < -0.3 is 14.3 Å². The number of hydrogen-bond donors (Lipinski definition) is 0. The van der Waals surface area contributed by atoms with Gasteiger partial charge in [0.25, 0.3) is 0 Å². The summed E-state index contributed by atoms with van der Waals surface area (Å²) in [6.45, 7) is 2.29. The maximum absolute atomic E-state index is 12.8. The second-order valence-corrected chi connectivity index (χ2v) is 6.20. The van der Waals surface area contributed by atoms with Gasteiger partial charge in [0.05, 0.1) is 17.6 Å². The van der Waals surface area contributed by atoms with Gasteiger partial charge in [-0.2, -0.15) is 0 Å². The monoisotopic (exact) mass is 302 g/mol. The molecule has 22 heavy (non-hydrogen) atoms. The van der Waals surface area contributed by atoms with Crippen molar-refractivity contribution in [3.05, 3.63) is 29.8 Å². The fourth-order valence-electron chi connectivity index (χ4n) is 3.36. The summed E-state index contributed by atoms with van der Waals surface area (Å²) in [5.41, 5.74) is 0.628. The van der Waals surface area contributed by atoms with Crippen molar-refractivity contribution in [1.82, 2.24) is 0 Å². The average molecular weight is 302 g/mol. The predicted octanol–water partition coefficient (Wildman–Crippen LogP) is 3.18. The number of ether oxygens (including phenoxy) is 2. The highest BCUT2D eigenvalue weighted by atomic mass is 16.5. The lowest BCUT2D eigenvalue weighted by Crippen LogP contribution is -2.47. The standard InChI is InChI=1S/C18H22O4/c1-12(19)9-10-14-17(20)13-6-2-3-7-15(13)22-18(14)16-8-4-5-11-21-16/h2-3,6-7,14,16,18H,4-5,8-11H2,1H3. The topological polar surface area (TPSA) is 52.6 Å². The highest BCUT2D eigenvalue weighted by Crippen LogP contribution is 2.36. The molecule has 1 saturated heterocycles. The Morgan fingerprint density at radius 2 is 2.09 bits per heavy atom. The molecule has 2 aliphatic rings. The van der Waals surface area contributed by atoms with Crippen LogP contribution in [0.25, 0.3) is 0 Å². The van der Waals surface area contributed by atoms with Crippen molar-refractivity contribution >= 4 is 11.6 Å². The van der Waals surface area contributed by atoms with E-state index in [0.717, 1.165) is 25.9 Å². The van der Waals surface area contributed by atoms with Crippen LogP contribution in [0.3, 0.4) is 0 Å². The molecule has 3 rings (SSSR count). The van der Waals surface area contributed by atoms with Crippen molar-refractivity contribution in [2.24, 2.45) is 5.92 Å². The minimum Gasteiger partial charge on any atom is -0.486 e. The molecule has 0 N–H and O–H groups in total. The van der Waals surface area contributed by atoms with E-state index in [1.54, 1.807) is 13.0 Å². The molecular weight excluding hydrogens is 280 g/mol. The first-order valence-electron chi connectivity index (χ1n) is 8.08. The number of benzene rings is 1. The van der Waals surface area contributed by atoms with Gasteiger partial charge in [0, 0.05) is 13.0 Å². The van der Waals surface area contributed by atoms with Crippen LogP contribution in [0.5, 0.6) is 5.75 Å². The van der Waals surface area contributed by atoms with Crippen LogP contribution >= 0.6 is 0 Å². The first-order valence-corrected chi connectivity index (χ1v) is 8.08. The number of Topliss-reactive ketones (excluding diaryl/α,β-unsaturated/α-hetero) is 2. The number of ketones is 2. The Kier molecular flexibility index (Phi) is 4.57. The lowest BCUT2D eigenvalue weighted by atomic mass is 9.81. The molecule has 3 unspecified atom stereocenters. The van der Waals surface area contributed by atoms with Gasteiger partial charge in [0.15, 0.2) is 5.78 Å². The second kappa shape index (κ2) is 6.61. The van der Waals surface area contributed by atoms with Crippen molar-refractivity contribution in [3.8, 4) is 5.75 Å². The maximum atomic E-state index is 12.8. The maximum Gasteiger partial charge on any atom is 0.173 e. The fraction of sp³-hybridized carbons (Fsp3) is 0.556. The molecule has 1 fully saturated rings. The van der Waals surface area contributed by atoms with Gasteiger partial charge in [-0.05, 0) is 44.7 Å². The molecule has 0 amide bonds. The highest BCUT2D eigenvalue weighted by Gasteiger charge is 2.42. The Bertz CT molecular complexity index is 560.